The second kappa shape index (κ2) is 7.32. The molecule has 1 rings (SSSR count). The maximum atomic E-state index is 10.5. The molecule has 1 heterocycles. The topological polar surface area (TPSA) is 116 Å². The van der Waals surface area contributed by atoms with E-state index in [-0.39, 0.29) is 23.9 Å². The molecule has 8 heteroatoms. The summed E-state index contributed by atoms with van der Waals surface area (Å²) in [5.74, 6) is 0.339. The molecule has 1 amide bonds. The van der Waals surface area contributed by atoms with Gasteiger partial charge in [0.15, 0.2) is 0 Å². The minimum absolute atomic E-state index is 0.0472. The van der Waals surface area contributed by atoms with E-state index in [4.69, 9.17) is 22.6 Å². The summed E-state index contributed by atoms with van der Waals surface area (Å²) >= 11 is 6.00. The number of pyridine rings is 1. The SMILES string of the molecule is CCc1c(C#N)c(Cl)nc(N(C)CCOC(N)=O)c1C#N. The summed E-state index contributed by atoms with van der Waals surface area (Å²) in [6, 6.07) is 4.01. The maximum Gasteiger partial charge on any atom is 0.404 e. The fourth-order valence-electron chi connectivity index (χ4n) is 1.84. The second-order valence-electron chi connectivity index (χ2n) is 4.12. The van der Waals surface area contributed by atoms with Crippen molar-refractivity contribution in [2.24, 2.45) is 5.73 Å². The number of ether oxygens (including phenoxy) is 1. The van der Waals surface area contributed by atoms with Gasteiger partial charge < -0.3 is 15.4 Å². The molecular formula is C13H14ClN5O2. The Morgan fingerprint density at radius 2 is 2.05 bits per heavy atom. The molecule has 0 spiro atoms. The van der Waals surface area contributed by atoms with Crippen LogP contribution in [0, 0.1) is 22.7 Å². The smallest absolute Gasteiger partial charge is 0.404 e. The molecule has 0 fully saturated rings. The summed E-state index contributed by atoms with van der Waals surface area (Å²) in [4.78, 5) is 16.2. The fraction of sp³-hybridized carbons (Fsp3) is 0.385. The third-order valence-corrected chi connectivity index (χ3v) is 3.12. The van der Waals surface area contributed by atoms with Gasteiger partial charge in [0.25, 0.3) is 0 Å². The Balaban J connectivity index is 3.19. The van der Waals surface area contributed by atoms with Gasteiger partial charge in [-0.3, -0.25) is 0 Å². The van der Waals surface area contributed by atoms with Gasteiger partial charge in [0.1, 0.15) is 29.7 Å². The van der Waals surface area contributed by atoms with Crippen LogP contribution in [0.1, 0.15) is 23.6 Å². The van der Waals surface area contributed by atoms with E-state index >= 15 is 0 Å². The first-order valence-electron chi connectivity index (χ1n) is 6.12. The van der Waals surface area contributed by atoms with Crippen LogP contribution >= 0.6 is 11.6 Å². The zero-order chi connectivity index (χ0) is 16.0. The van der Waals surface area contributed by atoms with E-state index in [9.17, 15) is 10.1 Å². The Hall–Kier alpha value is -2.51. The van der Waals surface area contributed by atoms with Crippen molar-refractivity contribution in [2.75, 3.05) is 25.1 Å². The van der Waals surface area contributed by atoms with Gasteiger partial charge in [0.2, 0.25) is 0 Å². The minimum Gasteiger partial charge on any atom is -0.448 e. The number of anilines is 1. The summed E-state index contributed by atoms with van der Waals surface area (Å²) in [5.41, 5.74) is 5.93. The molecular weight excluding hydrogens is 294 g/mol. The molecule has 0 aromatic carbocycles. The molecule has 0 aliphatic heterocycles. The van der Waals surface area contributed by atoms with Crippen molar-refractivity contribution < 1.29 is 9.53 Å². The third-order valence-electron chi connectivity index (χ3n) is 2.85. The summed E-state index contributed by atoms with van der Waals surface area (Å²) in [7, 11) is 1.68. The number of rotatable bonds is 5. The van der Waals surface area contributed by atoms with Gasteiger partial charge in [0.05, 0.1) is 17.7 Å². The van der Waals surface area contributed by atoms with Crippen LogP contribution < -0.4 is 10.6 Å². The van der Waals surface area contributed by atoms with Crippen molar-refractivity contribution in [3.8, 4) is 12.1 Å². The standard InChI is InChI=1S/C13H14ClN5O2/c1-3-8-9(6-15)11(14)18-12(10(8)7-16)19(2)4-5-21-13(17)20/h3-5H2,1-2H3,(H2,17,20). The van der Waals surface area contributed by atoms with Crippen LogP contribution in [0.4, 0.5) is 10.6 Å². The fourth-order valence-corrected chi connectivity index (χ4v) is 2.08. The lowest BCUT2D eigenvalue weighted by Gasteiger charge is -2.21. The Kier molecular flexibility index (Phi) is 5.77. The number of likely N-dealkylation sites (N-methyl/N-ethyl adjacent to an activating group) is 1. The largest absolute Gasteiger partial charge is 0.448 e. The number of hydrogen-bond donors (Lipinski definition) is 1. The highest BCUT2D eigenvalue weighted by atomic mass is 35.5. The number of carbonyl (C=O) groups is 1. The molecule has 0 atom stereocenters. The normalized spacial score (nSPS) is 9.57. The van der Waals surface area contributed by atoms with E-state index in [1.807, 2.05) is 13.0 Å². The molecule has 0 unspecified atom stereocenters. The minimum atomic E-state index is -0.871. The lowest BCUT2D eigenvalue weighted by molar-refractivity contribution is 0.160. The molecule has 0 aliphatic rings. The van der Waals surface area contributed by atoms with E-state index in [0.29, 0.717) is 23.4 Å². The van der Waals surface area contributed by atoms with Crippen molar-refractivity contribution in [3.63, 3.8) is 0 Å². The molecule has 0 radical (unpaired) electrons. The van der Waals surface area contributed by atoms with Gasteiger partial charge in [0, 0.05) is 7.05 Å². The molecule has 7 nitrogen and oxygen atoms in total. The Labute approximate surface area is 127 Å². The van der Waals surface area contributed by atoms with Gasteiger partial charge in [-0.25, -0.2) is 9.78 Å². The van der Waals surface area contributed by atoms with Crippen molar-refractivity contribution >= 4 is 23.5 Å². The van der Waals surface area contributed by atoms with Gasteiger partial charge in [-0.15, -0.1) is 0 Å². The molecule has 0 bridgehead atoms. The van der Waals surface area contributed by atoms with E-state index in [1.54, 1.807) is 11.9 Å². The molecule has 2 N–H and O–H groups in total. The summed E-state index contributed by atoms with van der Waals surface area (Å²) in [6.45, 7) is 2.17. The number of aromatic nitrogens is 1. The quantitative estimate of drug-likeness (QED) is 0.825. The van der Waals surface area contributed by atoms with Crippen molar-refractivity contribution in [3.05, 3.63) is 21.8 Å². The number of carbonyl (C=O) groups excluding carboxylic acids is 1. The predicted molar refractivity (Wildman–Crippen MR) is 76.9 cm³/mol. The molecule has 0 saturated heterocycles. The van der Waals surface area contributed by atoms with E-state index in [1.165, 1.54) is 0 Å². The molecule has 1 aromatic rings. The second-order valence-corrected chi connectivity index (χ2v) is 4.48. The number of amides is 1. The number of primary amides is 1. The van der Waals surface area contributed by atoms with Crippen LogP contribution in [0.2, 0.25) is 5.15 Å². The lowest BCUT2D eigenvalue weighted by atomic mass is 10.0. The zero-order valence-electron chi connectivity index (χ0n) is 11.7. The van der Waals surface area contributed by atoms with Crippen molar-refractivity contribution in [2.45, 2.75) is 13.3 Å². The first-order chi connectivity index (χ1) is 9.96. The van der Waals surface area contributed by atoms with Crippen LogP contribution in [-0.4, -0.2) is 31.3 Å². The third kappa shape index (κ3) is 3.74. The van der Waals surface area contributed by atoms with Crippen LogP contribution in [-0.2, 0) is 11.2 Å². The average molecular weight is 308 g/mol. The summed E-state index contributed by atoms with van der Waals surface area (Å²) < 4.78 is 4.64. The van der Waals surface area contributed by atoms with Crippen LogP contribution in [0.3, 0.4) is 0 Å². The average Bonchev–Trinajstić information content (AvgIpc) is 2.45. The molecule has 0 saturated carbocycles. The molecule has 21 heavy (non-hydrogen) atoms. The Bertz CT molecular complexity index is 633. The number of halogens is 1. The predicted octanol–water partition coefficient (Wildman–Crippen LogP) is 1.57. The highest BCUT2D eigenvalue weighted by Gasteiger charge is 2.20. The Morgan fingerprint density at radius 1 is 1.43 bits per heavy atom. The van der Waals surface area contributed by atoms with Crippen molar-refractivity contribution in [1.82, 2.24) is 4.98 Å². The van der Waals surface area contributed by atoms with Crippen LogP contribution in [0.5, 0.6) is 0 Å². The molecule has 110 valence electrons. The van der Waals surface area contributed by atoms with Gasteiger partial charge in [-0.05, 0) is 12.0 Å². The van der Waals surface area contributed by atoms with Crippen LogP contribution in [0.25, 0.3) is 0 Å². The first kappa shape index (κ1) is 16.5. The van der Waals surface area contributed by atoms with E-state index in [0.717, 1.165) is 0 Å². The number of nitriles is 2. The first-order valence-corrected chi connectivity index (χ1v) is 6.49. The highest BCUT2D eigenvalue weighted by Crippen LogP contribution is 2.28. The number of nitrogens with zero attached hydrogens (tertiary/aromatic N) is 4. The number of nitrogens with two attached hydrogens (primary N) is 1. The summed E-state index contributed by atoms with van der Waals surface area (Å²) in [6.07, 6.45) is -0.392. The molecule has 0 aliphatic carbocycles. The summed E-state index contributed by atoms with van der Waals surface area (Å²) in [5, 5.41) is 18.5. The zero-order valence-corrected chi connectivity index (χ0v) is 12.4. The lowest BCUT2D eigenvalue weighted by Crippen LogP contribution is -2.27. The number of hydrogen-bond acceptors (Lipinski definition) is 6. The van der Waals surface area contributed by atoms with E-state index < -0.39 is 6.09 Å². The van der Waals surface area contributed by atoms with Gasteiger partial charge in [-0.1, -0.05) is 18.5 Å². The highest BCUT2D eigenvalue weighted by molar-refractivity contribution is 6.30. The van der Waals surface area contributed by atoms with Gasteiger partial charge >= 0.3 is 6.09 Å². The monoisotopic (exact) mass is 307 g/mol. The Morgan fingerprint density at radius 3 is 2.52 bits per heavy atom. The van der Waals surface area contributed by atoms with Crippen molar-refractivity contribution in [1.29, 1.82) is 10.5 Å². The van der Waals surface area contributed by atoms with Crippen LogP contribution in [0.15, 0.2) is 0 Å². The molecule has 1 aromatic heterocycles. The van der Waals surface area contributed by atoms with Gasteiger partial charge in [-0.2, -0.15) is 10.5 Å². The maximum absolute atomic E-state index is 10.5. The van der Waals surface area contributed by atoms with E-state index in [2.05, 4.69) is 15.8 Å².